The molecule has 0 aromatic heterocycles. The summed E-state index contributed by atoms with van der Waals surface area (Å²) in [6.45, 7) is 8.27. The summed E-state index contributed by atoms with van der Waals surface area (Å²) in [6, 6.07) is 0.236. The molecule has 4 heteroatoms. The zero-order valence-electron chi connectivity index (χ0n) is 12.7. The lowest BCUT2D eigenvalue weighted by atomic mass is 9.85. The second kappa shape index (κ2) is 9.60. The maximum atomic E-state index is 12.5. The highest BCUT2D eigenvalue weighted by Gasteiger charge is 2.28. The largest absolute Gasteiger partial charge is 0.342 e. The van der Waals surface area contributed by atoms with Gasteiger partial charge in [-0.25, -0.2) is 0 Å². The van der Waals surface area contributed by atoms with Crippen LogP contribution in [0.15, 0.2) is 0 Å². The fraction of sp³-hybridized carbons (Fsp3) is 0.933. The molecule has 3 nitrogen and oxygen atoms in total. The van der Waals surface area contributed by atoms with Gasteiger partial charge in [-0.15, -0.1) is 12.4 Å². The van der Waals surface area contributed by atoms with Gasteiger partial charge in [-0.1, -0.05) is 33.1 Å². The van der Waals surface area contributed by atoms with Crippen LogP contribution in [0, 0.1) is 11.8 Å². The van der Waals surface area contributed by atoms with Crippen molar-refractivity contribution in [3.8, 4) is 0 Å². The SMILES string of the molecule is CCC(CC)CN(CC)C(=O)C1CCCC(N)C1.Cl. The summed E-state index contributed by atoms with van der Waals surface area (Å²) in [4.78, 5) is 14.6. The molecule has 0 aromatic carbocycles. The third-order valence-electron chi connectivity index (χ3n) is 4.39. The summed E-state index contributed by atoms with van der Waals surface area (Å²) in [5.41, 5.74) is 5.99. The molecule has 1 rings (SSSR count). The molecule has 0 bridgehead atoms. The van der Waals surface area contributed by atoms with Crippen LogP contribution in [0.3, 0.4) is 0 Å². The molecule has 1 aliphatic carbocycles. The number of hydrogen-bond acceptors (Lipinski definition) is 2. The molecule has 0 spiro atoms. The fourth-order valence-corrected chi connectivity index (χ4v) is 2.94. The van der Waals surface area contributed by atoms with Crippen LogP contribution >= 0.6 is 12.4 Å². The second-order valence-electron chi connectivity index (χ2n) is 5.68. The zero-order chi connectivity index (χ0) is 13.5. The van der Waals surface area contributed by atoms with Crippen LogP contribution in [0.25, 0.3) is 0 Å². The molecule has 2 N–H and O–H groups in total. The fourth-order valence-electron chi connectivity index (χ4n) is 2.94. The smallest absolute Gasteiger partial charge is 0.225 e. The highest BCUT2D eigenvalue weighted by Crippen LogP contribution is 2.25. The Morgan fingerprint density at radius 3 is 2.37 bits per heavy atom. The lowest BCUT2D eigenvalue weighted by molar-refractivity contribution is -0.137. The number of halogens is 1. The van der Waals surface area contributed by atoms with E-state index in [1.807, 2.05) is 0 Å². The first-order chi connectivity index (χ1) is 8.62. The molecular formula is C15H31ClN2O. The Balaban J connectivity index is 0.00000324. The molecule has 2 unspecified atom stereocenters. The van der Waals surface area contributed by atoms with Crippen LogP contribution < -0.4 is 5.73 Å². The summed E-state index contributed by atoms with van der Waals surface area (Å²) in [5.74, 6) is 1.17. The number of nitrogens with zero attached hydrogens (tertiary/aromatic N) is 1. The molecule has 114 valence electrons. The number of hydrogen-bond donors (Lipinski definition) is 1. The van der Waals surface area contributed by atoms with Crippen molar-refractivity contribution in [3.05, 3.63) is 0 Å². The maximum absolute atomic E-state index is 12.5. The summed E-state index contributed by atoms with van der Waals surface area (Å²) in [6.07, 6.45) is 6.43. The van der Waals surface area contributed by atoms with E-state index in [4.69, 9.17) is 5.73 Å². The maximum Gasteiger partial charge on any atom is 0.225 e. The quantitative estimate of drug-likeness (QED) is 0.816. The van der Waals surface area contributed by atoms with Crippen LogP contribution in [-0.4, -0.2) is 29.9 Å². The van der Waals surface area contributed by atoms with E-state index in [-0.39, 0.29) is 24.4 Å². The normalized spacial score (nSPS) is 23.0. The lowest BCUT2D eigenvalue weighted by Crippen LogP contribution is -2.42. The van der Waals surface area contributed by atoms with Gasteiger partial charge in [-0.05, 0) is 32.1 Å². The van der Waals surface area contributed by atoms with Crippen LogP contribution in [0.5, 0.6) is 0 Å². The van der Waals surface area contributed by atoms with Gasteiger partial charge in [0.05, 0.1) is 0 Å². The van der Waals surface area contributed by atoms with Gasteiger partial charge in [0.25, 0.3) is 0 Å². The minimum Gasteiger partial charge on any atom is -0.342 e. The third-order valence-corrected chi connectivity index (χ3v) is 4.39. The molecule has 0 heterocycles. The van der Waals surface area contributed by atoms with Gasteiger partial charge in [0.15, 0.2) is 0 Å². The Hall–Kier alpha value is -0.280. The molecule has 1 aliphatic rings. The number of amides is 1. The second-order valence-corrected chi connectivity index (χ2v) is 5.68. The minimum absolute atomic E-state index is 0. The summed E-state index contributed by atoms with van der Waals surface area (Å²) in [7, 11) is 0. The van der Waals surface area contributed by atoms with E-state index in [9.17, 15) is 4.79 Å². The molecule has 1 amide bonds. The van der Waals surface area contributed by atoms with Gasteiger partial charge >= 0.3 is 0 Å². The molecule has 19 heavy (non-hydrogen) atoms. The highest BCUT2D eigenvalue weighted by atomic mass is 35.5. The lowest BCUT2D eigenvalue weighted by Gasteiger charge is -2.32. The molecule has 0 saturated heterocycles. The van der Waals surface area contributed by atoms with Crippen molar-refractivity contribution in [2.75, 3.05) is 13.1 Å². The van der Waals surface area contributed by atoms with Gasteiger partial charge in [0, 0.05) is 25.0 Å². The Morgan fingerprint density at radius 2 is 1.89 bits per heavy atom. The van der Waals surface area contributed by atoms with Crippen LogP contribution in [0.1, 0.15) is 59.3 Å². The van der Waals surface area contributed by atoms with E-state index in [1.165, 1.54) is 0 Å². The van der Waals surface area contributed by atoms with Gasteiger partial charge < -0.3 is 10.6 Å². The Kier molecular flexibility index (Phi) is 9.46. The summed E-state index contributed by atoms with van der Waals surface area (Å²) >= 11 is 0. The van der Waals surface area contributed by atoms with E-state index < -0.39 is 0 Å². The van der Waals surface area contributed by atoms with Gasteiger partial charge in [0.1, 0.15) is 0 Å². The molecule has 0 aromatic rings. The minimum atomic E-state index is 0. The highest BCUT2D eigenvalue weighted by molar-refractivity contribution is 5.85. The van der Waals surface area contributed by atoms with Gasteiger partial charge in [-0.3, -0.25) is 4.79 Å². The topological polar surface area (TPSA) is 46.3 Å². The van der Waals surface area contributed by atoms with Crippen LogP contribution in [0.4, 0.5) is 0 Å². The van der Waals surface area contributed by atoms with E-state index in [0.29, 0.717) is 11.8 Å². The first-order valence-corrected chi connectivity index (χ1v) is 7.66. The number of carbonyl (C=O) groups is 1. The van der Waals surface area contributed by atoms with Crippen molar-refractivity contribution < 1.29 is 4.79 Å². The van der Waals surface area contributed by atoms with E-state index in [2.05, 4.69) is 25.7 Å². The van der Waals surface area contributed by atoms with Crippen LogP contribution in [-0.2, 0) is 4.79 Å². The number of nitrogens with two attached hydrogens (primary N) is 1. The Labute approximate surface area is 124 Å². The molecule has 0 aliphatic heterocycles. The average molecular weight is 291 g/mol. The third kappa shape index (κ3) is 5.70. The Bertz CT molecular complexity index is 257. The van der Waals surface area contributed by atoms with Crippen molar-refractivity contribution in [1.29, 1.82) is 0 Å². The molecule has 1 fully saturated rings. The van der Waals surface area contributed by atoms with Crippen LogP contribution in [0.2, 0.25) is 0 Å². The van der Waals surface area contributed by atoms with Crippen molar-refractivity contribution in [2.24, 2.45) is 17.6 Å². The van der Waals surface area contributed by atoms with E-state index in [1.54, 1.807) is 0 Å². The van der Waals surface area contributed by atoms with Gasteiger partial charge in [0.2, 0.25) is 5.91 Å². The van der Waals surface area contributed by atoms with Crippen molar-refractivity contribution in [2.45, 2.75) is 65.3 Å². The van der Waals surface area contributed by atoms with Crippen molar-refractivity contribution in [3.63, 3.8) is 0 Å². The molecule has 0 radical (unpaired) electrons. The van der Waals surface area contributed by atoms with Gasteiger partial charge in [-0.2, -0.15) is 0 Å². The first-order valence-electron chi connectivity index (χ1n) is 7.66. The predicted octanol–water partition coefficient (Wildman–Crippen LogP) is 3.21. The first kappa shape index (κ1) is 18.7. The predicted molar refractivity (Wildman–Crippen MR) is 83.5 cm³/mol. The number of rotatable bonds is 6. The van der Waals surface area contributed by atoms with Crippen molar-refractivity contribution in [1.82, 2.24) is 4.90 Å². The average Bonchev–Trinajstić information content (AvgIpc) is 2.39. The summed E-state index contributed by atoms with van der Waals surface area (Å²) < 4.78 is 0. The van der Waals surface area contributed by atoms with E-state index >= 15 is 0 Å². The summed E-state index contributed by atoms with van der Waals surface area (Å²) in [5, 5.41) is 0. The molecular weight excluding hydrogens is 260 g/mol. The zero-order valence-corrected chi connectivity index (χ0v) is 13.5. The van der Waals surface area contributed by atoms with E-state index in [0.717, 1.165) is 51.6 Å². The van der Waals surface area contributed by atoms with Crippen molar-refractivity contribution >= 4 is 18.3 Å². The number of carbonyl (C=O) groups excluding carboxylic acids is 1. The molecule has 2 atom stereocenters. The monoisotopic (exact) mass is 290 g/mol. The standard InChI is InChI=1S/C15H30N2O.ClH/c1-4-12(5-2)11-17(6-3)15(18)13-8-7-9-14(16)10-13;/h12-14H,4-11,16H2,1-3H3;1H. The Morgan fingerprint density at radius 1 is 1.26 bits per heavy atom. The molecule has 1 saturated carbocycles.